The van der Waals surface area contributed by atoms with E-state index in [4.69, 9.17) is 4.74 Å². The normalized spacial score (nSPS) is 27.4. The van der Waals surface area contributed by atoms with Crippen LogP contribution in [-0.2, 0) is 25.1 Å². The molecule has 5 nitrogen and oxygen atoms in total. The van der Waals surface area contributed by atoms with Gasteiger partial charge in [-0.2, -0.15) is 4.31 Å². The molecule has 1 aliphatic heterocycles. The van der Waals surface area contributed by atoms with Gasteiger partial charge in [0.1, 0.15) is 5.54 Å². The second kappa shape index (κ2) is 8.24. The second-order valence-electron chi connectivity index (χ2n) is 8.50. The van der Waals surface area contributed by atoms with Crippen LogP contribution in [0.4, 0.5) is 0 Å². The maximum absolute atomic E-state index is 14.0. The van der Waals surface area contributed by atoms with Gasteiger partial charge in [-0.3, -0.25) is 4.79 Å². The van der Waals surface area contributed by atoms with Gasteiger partial charge >= 0.3 is 5.97 Å². The smallest absolute Gasteiger partial charge is 0.327 e. The van der Waals surface area contributed by atoms with Crippen molar-refractivity contribution in [1.82, 2.24) is 4.31 Å². The molecule has 2 aromatic carbocycles. The van der Waals surface area contributed by atoms with Gasteiger partial charge < -0.3 is 4.74 Å². The summed E-state index contributed by atoms with van der Waals surface area (Å²) in [6, 6.07) is 16.3. The summed E-state index contributed by atoms with van der Waals surface area (Å²) in [7, 11) is -4.00. The molecule has 0 spiro atoms. The Balaban J connectivity index is 2.26. The topological polar surface area (TPSA) is 63.7 Å². The van der Waals surface area contributed by atoms with Crippen molar-refractivity contribution in [3.63, 3.8) is 0 Å². The third kappa shape index (κ3) is 3.80. The van der Waals surface area contributed by atoms with Gasteiger partial charge in [0.25, 0.3) is 0 Å². The number of esters is 1. The van der Waals surface area contributed by atoms with E-state index in [-0.39, 0.29) is 14.9 Å². The standard InChI is InChI=1S/C23H28INO4S/c1-16(2)29-21(26)22(4)15-20(24)23(5,18-9-7-6-8-10-18)25(22)30(27,28)19-13-11-17(3)12-14-19/h6-14,16,20H,15H2,1-5H3/t20-,22-,23+/m1/s1. The molecule has 0 amide bonds. The molecule has 0 radical (unpaired) electrons. The van der Waals surface area contributed by atoms with Crippen LogP contribution in [0.5, 0.6) is 0 Å². The van der Waals surface area contributed by atoms with Gasteiger partial charge in [0, 0.05) is 3.92 Å². The van der Waals surface area contributed by atoms with Gasteiger partial charge in [-0.25, -0.2) is 8.42 Å². The van der Waals surface area contributed by atoms with Crippen LogP contribution >= 0.6 is 22.6 Å². The molecule has 3 atom stereocenters. The average molecular weight is 541 g/mol. The van der Waals surface area contributed by atoms with E-state index in [0.717, 1.165) is 11.1 Å². The van der Waals surface area contributed by atoms with E-state index in [1.54, 1.807) is 45.0 Å². The summed E-state index contributed by atoms with van der Waals surface area (Å²) >= 11 is 2.27. The number of carbonyl (C=O) groups excluding carboxylic acids is 1. The van der Waals surface area contributed by atoms with Gasteiger partial charge in [-0.15, -0.1) is 0 Å². The molecule has 30 heavy (non-hydrogen) atoms. The summed E-state index contributed by atoms with van der Waals surface area (Å²) in [6.45, 7) is 9.04. The molecule has 0 saturated carbocycles. The van der Waals surface area contributed by atoms with Crippen molar-refractivity contribution in [2.45, 2.75) is 67.0 Å². The van der Waals surface area contributed by atoms with Gasteiger partial charge in [-0.05, 0) is 58.7 Å². The molecule has 0 aromatic heterocycles. The molecule has 2 aromatic rings. The summed E-state index contributed by atoms with van der Waals surface area (Å²) in [6.07, 6.45) is 0.0183. The minimum Gasteiger partial charge on any atom is -0.462 e. The van der Waals surface area contributed by atoms with Crippen molar-refractivity contribution in [3.05, 3.63) is 65.7 Å². The highest BCUT2D eigenvalue weighted by Gasteiger charge is 2.65. The first-order valence-electron chi connectivity index (χ1n) is 9.97. The van der Waals surface area contributed by atoms with Crippen molar-refractivity contribution in [1.29, 1.82) is 0 Å². The molecule has 162 valence electrons. The van der Waals surface area contributed by atoms with Gasteiger partial charge in [0.2, 0.25) is 10.0 Å². The molecule has 3 rings (SSSR count). The van der Waals surface area contributed by atoms with E-state index < -0.39 is 27.1 Å². The molecule has 1 fully saturated rings. The summed E-state index contributed by atoms with van der Waals surface area (Å²) in [5.41, 5.74) is -0.433. The lowest BCUT2D eigenvalue weighted by Crippen LogP contribution is -2.58. The lowest BCUT2D eigenvalue weighted by atomic mass is 9.90. The average Bonchev–Trinajstić information content (AvgIpc) is 2.90. The van der Waals surface area contributed by atoms with Crippen LogP contribution in [0.15, 0.2) is 59.5 Å². The fourth-order valence-electron chi connectivity index (χ4n) is 4.18. The lowest BCUT2D eigenvalue weighted by Gasteiger charge is -2.42. The summed E-state index contributed by atoms with van der Waals surface area (Å²) in [5.74, 6) is -0.519. The summed E-state index contributed by atoms with van der Waals surface area (Å²) in [5, 5.41) is 0. The number of alkyl halides is 1. The van der Waals surface area contributed by atoms with E-state index in [9.17, 15) is 13.2 Å². The van der Waals surface area contributed by atoms with Crippen LogP contribution < -0.4 is 0 Å². The highest BCUT2D eigenvalue weighted by atomic mass is 127. The second-order valence-corrected chi connectivity index (χ2v) is 11.8. The Morgan fingerprint density at radius 3 is 2.20 bits per heavy atom. The zero-order valence-electron chi connectivity index (χ0n) is 17.9. The Labute approximate surface area is 193 Å². The first-order valence-corrected chi connectivity index (χ1v) is 12.7. The Morgan fingerprint density at radius 2 is 1.67 bits per heavy atom. The highest BCUT2D eigenvalue weighted by Crippen LogP contribution is 2.54. The van der Waals surface area contributed by atoms with Gasteiger partial charge in [0.05, 0.1) is 16.5 Å². The van der Waals surface area contributed by atoms with Crippen molar-refractivity contribution in [3.8, 4) is 0 Å². The van der Waals surface area contributed by atoms with E-state index >= 15 is 0 Å². The van der Waals surface area contributed by atoms with Crippen LogP contribution in [0, 0.1) is 6.92 Å². The van der Waals surface area contributed by atoms with Gasteiger partial charge in [-0.1, -0.05) is 70.6 Å². The lowest BCUT2D eigenvalue weighted by molar-refractivity contribution is -0.158. The Bertz CT molecular complexity index is 1020. The SMILES string of the molecule is Cc1ccc(S(=O)(=O)N2[C@@](C)(c3ccccc3)[C@H](I)C[C@]2(C)C(=O)OC(C)C)cc1. The number of ether oxygens (including phenoxy) is 1. The predicted octanol–water partition coefficient (Wildman–Crippen LogP) is 4.82. The Hall–Kier alpha value is -1.45. The van der Waals surface area contributed by atoms with E-state index in [1.807, 2.05) is 44.2 Å². The fourth-order valence-corrected chi connectivity index (χ4v) is 7.97. The number of halogens is 1. The number of carbonyl (C=O) groups is 1. The van der Waals surface area contributed by atoms with E-state index in [0.29, 0.717) is 6.42 Å². The quantitative estimate of drug-likeness (QED) is 0.310. The van der Waals surface area contributed by atoms with Crippen molar-refractivity contribution >= 4 is 38.6 Å². The molecule has 0 N–H and O–H groups in total. The van der Waals surface area contributed by atoms with Crippen LogP contribution in [0.2, 0.25) is 0 Å². The zero-order valence-corrected chi connectivity index (χ0v) is 20.9. The molecule has 1 heterocycles. The minimum atomic E-state index is -4.00. The van der Waals surface area contributed by atoms with Crippen LogP contribution in [0.1, 0.15) is 45.2 Å². The number of aryl methyl sites for hydroxylation is 1. The highest BCUT2D eigenvalue weighted by molar-refractivity contribution is 14.1. The molecular formula is C23H28INO4S. The van der Waals surface area contributed by atoms with Crippen LogP contribution in [0.25, 0.3) is 0 Å². The summed E-state index contributed by atoms with van der Waals surface area (Å²) in [4.78, 5) is 13.4. The minimum absolute atomic E-state index is 0.137. The Kier molecular flexibility index (Phi) is 6.38. The maximum atomic E-state index is 14.0. The first kappa shape index (κ1) is 23.2. The molecule has 0 aliphatic carbocycles. The monoisotopic (exact) mass is 541 g/mol. The number of hydrogen-bond donors (Lipinski definition) is 0. The molecule has 0 unspecified atom stereocenters. The third-order valence-electron chi connectivity index (χ3n) is 5.76. The maximum Gasteiger partial charge on any atom is 0.327 e. The van der Waals surface area contributed by atoms with E-state index in [1.165, 1.54) is 4.31 Å². The van der Waals surface area contributed by atoms with Gasteiger partial charge in [0.15, 0.2) is 0 Å². The Morgan fingerprint density at radius 1 is 1.10 bits per heavy atom. The summed E-state index contributed by atoms with van der Waals surface area (Å²) < 4.78 is 34.8. The third-order valence-corrected chi connectivity index (χ3v) is 9.54. The molecule has 1 aliphatic rings. The number of rotatable bonds is 5. The van der Waals surface area contributed by atoms with Crippen molar-refractivity contribution < 1.29 is 17.9 Å². The fraction of sp³-hybridized carbons (Fsp3) is 0.435. The molecule has 7 heteroatoms. The molecule has 0 bridgehead atoms. The molecular weight excluding hydrogens is 513 g/mol. The number of benzene rings is 2. The number of sulfonamides is 1. The first-order chi connectivity index (χ1) is 13.9. The van der Waals surface area contributed by atoms with Crippen LogP contribution in [0.3, 0.4) is 0 Å². The van der Waals surface area contributed by atoms with Crippen molar-refractivity contribution in [2.24, 2.45) is 0 Å². The zero-order chi connectivity index (χ0) is 22.3. The van der Waals surface area contributed by atoms with E-state index in [2.05, 4.69) is 22.6 Å². The van der Waals surface area contributed by atoms with Crippen LogP contribution in [-0.4, -0.2) is 34.3 Å². The number of nitrogens with zero attached hydrogens (tertiary/aromatic N) is 1. The van der Waals surface area contributed by atoms with Crippen molar-refractivity contribution in [2.75, 3.05) is 0 Å². The predicted molar refractivity (Wildman–Crippen MR) is 126 cm³/mol. The number of hydrogen-bond acceptors (Lipinski definition) is 4. The largest absolute Gasteiger partial charge is 0.462 e. The molecule has 1 saturated heterocycles.